The first-order valence-corrected chi connectivity index (χ1v) is 7.50. The molecule has 2 N–H and O–H groups in total. The van der Waals surface area contributed by atoms with Crippen molar-refractivity contribution in [3.63, 3.8) is 0 Å². The van der Waals surface area contributed by atoms with Crippen LogP contribution in [0.2, 0.25) is 0 Å². The van der Waals surface area contributed by atoms with Crippen LogP contribution in [0, 0.1) is 5.92 Å². The smallest absolute Gasteiger partial charge is 0.0738 e. The van der Waals surface area contributed by atoms with Crippen LogP contribution in [-0.4, -0.2) is 42.6 Å². The van der Waals surface area contributed by atoms with Gasteiger partial charge in [-0.15, -0.1) is 0 Å². The van der Waals surface area contributed by atoms with Gasteiger partial charge in [0.1, 0.15) is 0 Å². The Kier molecular flexibility index (Phi) is 3.87. The first kappa shape index (κ1) is 12.7. The Bertz CT molecular complexity index is 406. The molecule has 0 aromatic carbocycles. The lowest BCUT2D eigenvalue weighted by Crippen LogP contribution is -2.47. The van der Waals surface area contributed by atoms with Crippen molar-refractivity contribution < 1.29 is 0 Å². The fraction of sp³-hybridized carbons (Fsp3) is 0.667. The zero-order chi connectivity index (χ0) is 13.1. The number of nitrogen functional groups attached to an aromatic ring is 1. The summed E-state index contributed by atoms with van der Waals surface area (Å²) >= 11 is 0. The Balaban J connectivity index is 1.53. The molecule has 1 aliphatic carbocycles. The lowest BCUT2D eigenvalue weighted by molar-refractivity contribution is 0.220. The van der Waals surface area contributed by atoms with Gasteiger partial charge in [0.05, 0.1) is 17.6 Å². The van der Waals surface area contributed by atoms with Gasteiger partial charge in [0, 0.05) is 38.9 Å². The minimum atomic E-state index is 0.798. The highest BCUT2D eigenvalue weighted by Gasteiger charge is 2.22. The van der Waals surface area contributed by atoms with Crippen LogP contribution >= 0.6 is 0 Å². The van der Waals surface area contributed by atoms with Gasteiger partial charge in [-0.2, -0.15) is 0 Å². The third-order valence-electron chi connectivity index (χ3n) is 4.53. The Morgan fingerprint density at radius 1 is 1.16 bits per heavy atom. The third kappa shape index (κ3) is 3.00. The first-order chi connectivity index (χ1) is 9.33. The third-order valence-corrected chi connectivity index (χ3v) is 4.53. The molecule has 0 spiro atoms. The van der Waals surface area contributed by atoms with Crippen molar-refractivity contribution in [1.29, 1.82) is 0 Å². The normalized spacial score (nSPS) is 22.0. The molecule has 1 saturated heterocycles. The predicted octanol–water partition coefficient (Wildman–Crippen LogP) is 1.98. The van der Waals surface area contributed by atoms with E-state index in [0.717, 1.165) is 43.5 Å². The fourth-order valence-electron chi connectivity index (χ4n) is 3.42. The minimum absolute atomic E-state index is 0.798. The largest absolute Gasteiger partial charge is 0.396 e. The maximum atomic E-state index is 6.00. The summed E-state index contributed by atoms with van der Waals surface area (Å²) in [5, 5.41) is 0. The molecule has 0 amide bonds. The summed E-state index contributed by atoms with van der Waals surface area (Å²) in [6.07, 6.45) is 9.35. The number of pyridine rings is 1. The average molecular weight is 260 g/mol. The van der Waals surface area contributed by atoms with Gasteiger partial charge in [0.2, 0.25) is 0 Å². The van der Waals surface area contributed by atoms with Gasteiger partial charge in [-0.25, -0.2) is 0 Å². The molecular weight excluding hydrogens is 236 g/mol. The number of piperazine rings is 1. The van der Waals surface area contributed by atoms with Crippen LogP contribution in [-0.2, 0) is 0 Å². The summed E-state index contributed by atoms with van der Waals surface area (Å²) < 4.78 is 0. The molecule has 2 fully saturated rings. The van der Waals surface area contributed by atoms with E-state index in [1.807, 2.05) is 12.3 Å². The van der Waals surface area contributed by atoms with Crippen LogP contribution in [0.5, 0.6) is 0 Å². The Labute approximate surface area is 115 Å². The molecule has 2 aliphatic rings. The number of nitrogens with two attached hydrogens (primary N) is 1. The number of anilines is 2. The molecule has 19 heavy (non-hydrogen) atoms. The van der Waals surface area contributed by atoms with Crippen LogP contribution in [0.3, 0.4) is 0 Å². The standard InChI is InChI=1S/C15H24N4/c16-14-11-17-6-5-15(14)19-9-7-18(8-10-19)12-13-3-1-2-4-13/h5-6,11,13H,1-4,7-10,12,16H2. The molecule has 4 heteroatoms. The van der Waals surface area contributed by atoms with E-state index in [0.29, 0.717) is 0 Å². The summed E-state index contributed by atoms with van der Waals surface area (Å²) in [4.78, 5) is 9.08. The van der Waals surface area contributed by atoms with E-state index >= 15 is 0 Å². The molecule has 2 heterocycles. The fourth-order valence-corrected chi connectivity index (χ4v) is 3.42. The van der Waals surface area contributed by atoms with Gasteiger partial charge in [-0.1, -0.05) is 12.8 Å². The molecule has 1 saturated carbocycles. The van der Waals surface area contributed by atoms with Crippen molar-refractivity contribution in [2.45, 2.75) is 25.7 Å². The number of hydrogen-bond donors (Lipinski definition) is 1. The highest BCUT2D eigenvalue weighted by molar-refractivity contribution is 5.66. The van der Waals surface area contributed by atoms with Crippen molar-refractivity contribution >= 4 is 11.4 Å². The van der Waals surface area contributed by atoms with Gasteiger partial charge in [-0.3, -0.25) is 9.88 Å². The Morgan fingerprint density at radius 3 is 2.58 bits per heavy atom. The number of nitrogens with zero attached hydrogens (tertiary/aromatic N) is 3. The van der Waals surface area contributed by atoms with E-state index < -0.39 is 0 Å². The molecule has 104 valence electrons. The van der Waals surface area contributed by atoms with Crippen molar-refractivity contribution in [1.82, 2.24) is 9.88 Å². The van der Waals surface area contributed by atoms with Crippen LogP contribution in [0.4, 0.5) is 11.4 Å². The minimum Gasteiger partial charge on any atom is -0.396 e. The zero-order valence-electron chi connectivity index (χ0n) is 11.6. The van der Waals surface area contributed by atoms with Gasteiger partial charge >= 0.3 is 0 Å². The quantitative estimate of drug-likeness (QED) is 0.902. The van der Waals surface area contributed by atoms with E-state index in [-0.39, 0.29) is 0 Å². The van der Waals surface area contributed by atoms with E-state index in [1.54, 1.807) is 6.20 Å². The maximum absolute atomic E-state index is 6.00. The monoisotopic (exact) mass is 260 g/mol. The molecule has 4 nitrogen and oxygen atoms in total. The molecule has 0 unspecified atom stereocenters. The van der Waals surface area contributed by atoms with E-state index in [2.05, 4.69) is 14.8 Å². The van der Waals surface area contributed by atoms with Crippen LogP contribution in [0.25, 0.3) is 0 Å². The van der Waals surface area contributed by atoms with Gasteiger partial charge in [0.15, 0.2) is 0 Å². The second-order valence-corrected chi connectivity index (χ2v) is 5.87. The lowest BCUT2D eigenvalue weighted by Gasteiger charge is -2.37. The van der Waals surface area contributed by atoms with E-state index in [1.165, 1.54) is 32.2 Å². The number of aromatic nitrogens is 1. The summed E-state index contributed by atoms with van der Waals surface area (Å²) in [7, 11) is 0. The van der Waals surface area contributed by atoms with E-state index in [4.69, 9.17) is 5.73 Å². The van der Waals surface area contributed by atoms with Gasteiger partial charge in [0.25, 0.3) is 0 Å². The van der Waals surface area contributed by atoms with Crippen molar-refractivity contribution in [3.8, 4) is 0 Å². The van der Waals surface area contributed by atoms with Crippen molar-refractivity contribution in [3.05, 3.63) is 18.5 Å². The molecule has 1 aromatic rings. The first-order valence-electron chi connectivity index (χ1n) is 7.50. The molecule has 0 bridgehead atoms. The lowest BCUT2D eigenvalue weighted by atomic mass is 10.1. The van der Waals surface area contributed by atoms with Gasteiger partial charge < -0.3 is 10.6 Å². The molecular formula is C15H24N4. The van der Waals surface area contributed by atoms with Crippen molar-refractivity contribution in [2.75, 3.05) is 43.4 Å². The second-order valence-electron chi connectivity index (χ2n) is 5.87. The topological polar surface area (TPSA) is 45.4 Å². The highest BCUT2D eigenvalue weighted by atomic mass is 15.3. The van der Waals surface area contributed by atoms with E-state index in [9.17, 15) is 0 Å². The van der Waals surface area contributed by atoms with Crippen molar-refractivity contribution in [2.24, 2.45) is 5.92 Å². The maximum Gasteiger partial charge on any atom is 0.0738 e. The number of rotatable bonds is 3. The SMILES string of the molecule is Nc1cnccc1N1CCN(CC2CCCC2)CC1. The summed E-state index contributed by atoms with van der Waals surface area (Å²) in [6.45, 7) is 5.80. The summed E-state index contributed by atoms with van der Waals surface area (Å²) in [5.41, 5.74) is 7.95. The number of hydrogen-bond acceptors (Lipinski definition) is 4. The zero-order valence-corrected chi connectivity index (χ0v) is 11.6. The molecule has 1 aliphatic heterocycles. The molecule has 3 rings (SSSR count). The molecule has 1 aromatic heterocycles. The molecule has 0 atom stereocenters. The second kappa shape index (κ2) is 5.78. The van der Waals surface area contributed by atoms with Crippen LogP contribution in [0.15, 0.2) is 18.5 Å². The summed E-state index contributed by atoms with van der Waals surface area (Å²) in [6, 6.07) is 2.03. The average Bonchev–Trinajstić information content (AvgIpc) is 2.93. The Morgan fingerprint density at radius 2 is 1.89 bits per heavy atom. The summed E-state index contributed by atoms with van der Waals surface area (Å²) in [5.74, 6) is 0.956. The van der Waals surface area contributed by atoms with Crippen LogP contribution < -0.4 is 10.6 Å². The highest BCUT2D eigenvalue weighted by Crippen LogP contribution is 2.27. The Hall–Kier alpha value is -1.29. The molecule has 0 radical (unpaired) electrons. The van der Waals surface area contributed by atoms with Gasteiger partial charge in [-0.05, 0) is 24.8 Å². The predicted molar refractivity (Wildman–Crippen MR) is 79.3 cm³/mol. The van der Waals surface area contributed by atoms with Crippen LogP contribution in [0.1, 0.15) is 25.7 Å².